The molecule has 0 unspecified atom stereocenters. The van der Waals surface area contributed by atoms with Gasteiger partial charge in [0.2, 0.25) is 11.8 Å². The van der Waals surface area contributed by atoms with E-state index >= 15 is 0 Å². The van der Waals surface area contributed by atoms with E-state index in [1.165, 1.54) is 7.11 Å². The van der Waals surface area contributed by atoms with Crippen LogP contribution >= 0.6 is 11.6 Å². The lowest BCUT2D eigenvalue weighted by molar-refractivity contribution is -0.135. The standard InChI is InChI=1S/C20H23ClN2O3/c1-12-7-6-8-13(2)17(12)23-19(25)20(3,4)18(24)22-14-9-10-16(26-5)15(21)11-14/h6-11H,1-5H3,(H,22,24)(H,23,25). The highest BCUT2D eigenvalue weighted by Gasteiger charge is 2.36. The Hall–Kier alpha value is -2.53. The number of rotatable bonds is 5. The summed E-state index contributed by atoms with van der Waals surface area (Å²) in [5.41, 5.74) is 1.83. The van der Waals surface area contributed by atoms with Crippen molar-refractivity contribution in [3.05, 3.63) is 52.5 Å². The zero-order valence-corrected chi connectivity index (χ0v) is 16.3. The Labute approximate surface area is 158 Å². The monoisotopic (exact) mass is 374 g/mol. The van der Waals surface area contributed by atoms with Gasteiger partial charge in [-0.25, -0.2) is 0 Å². The molecule has 0 saturated heterocycles. The number of methoxy groups -OCH3 is 1. The number of hydrogen-bond acceptors (Lipinski definition) is 3. The van der Waals surface area contributed by atoms with Crippen LogP contribution in [-0.4, -0.2) is 18.9 Å². The van der Waals surface area contributed by atoms with Crippen LogP contribution in [0.5, 0.6) is 5.75 Å². The van der Waals surface area contributed by atoms with Crippen LogP contribution in [0.2, 0.25) is 5.02 Å². The molecule has 0 atom stereocenters. The molecule has 2 amide bonds. The first kappa shape index (κ1) is 19.8. The topological polar surface area (TPSA) is 67.4 Å². The number of carbonyl (C=O) groups excluding carboxylic acids is 2. The average molecular weight is 375 g/mol. The summed E-state index contributed by atoms with van der Waals surface area (Å²) in [6, 6.07) is 10.7. The summed E-state index contributed by atoms with van der Waals surface area (Å²) in [5, 5.41) is 5.98. The van der Waals surface area contributed by atoms with Crippen LogP contribution in [0.4, 0.5) is 11.4 Å². The van der Waals surface area contributed by atoms with Crippen LogP contribution in [0.25, 0.3) is 0 Å². The molecular formula is C20H23ClN2O3. The summed E-state index contributed by atoms with van der Waals surface area (Å²) >= 11 is 6.08. The number of benzene rings is 2. The first-order chi connectivity index (χ1) is 12.2. The largest absolute Gasteiger partial charge is 0.495 e. The first-order valence-corrected chi connectivity index (χ1v) is 8.57. The van der Waals surface area contributed by atoms with E-state index in [1.54, 1.807) is 32.0 Å². The van der Waals surface area contributed by atoms with Crippen molar-refractivity contribution in [3.8, 4) is 5.75 Å². The molecule has 6 heteroatoms. The van der Waals surface area contributed by atoms with E-state index in [0.29, 0.717) is 16.5 Å². The number of para-hydroxylation sites is 1. The van der Waals surface area contributed by atoms with Gasteiger partial charge in [-0.15, -0.1) is 0 Å². The third-order valence-electron chi connectivity index (χ3n) is 4.26. The lowest BCUT2D eigenvalue weighted by atomic mass is 9.90. The Kier molecular flexibility index (Phi) is 5.93. The van der Waals surface area contributed by atoms with Crippen molar-refractivity contribution in [3.63, 3.8) is 0 Å². The van der Waals surface area contributed by atoms with Crippen molar-refractivity contribution in [2.45, 2.75) is 27.7 Å². The minimum absolute atomic E-state index is 0.378. The summed E-state index contributed by atoms with van der Waals surface area (Å²) < 4.78 is 5.09. The smallest absolute Gasteiger partial charge is 0.239 e. The second-order valence-corrected chi connectivity index (χ2v) is 7.06. The maximum atomic E-state index is 12.7. The van der Waals surface area contributed by atoms with Gasteiger partial charge in [-0.3, -0.25) is 9.59 Å². The molecule has 2 rings (SSSR count). The fraction of sp³-hybridized carbons (Fsp3) is 0.300. The molecule has 26 heavy (non-hydrogen) atoms. The highest BCUT2D eigenvalue weighted by atomic mass is 35.5. The van der Waals surface area contributed by atoms with Crippen LogP contribution in [0, 0.1) is 19.3 Å². The van der Waals surface area contributed by atoms with E-state index < -0.39 is 11.3 Å². The van der Waals surface area contributed by atoms with Gasteiger partial charge in [0, 0.05) is 11.4 Å². The third-order valence-corrected chi connectivity index (χ3v) is 4.56. The molecular weight excluding hydrogens is 352 g/mol. The van der Waals surface area contributed by atoms with Gasteiger partial charge in [-0.05, 0) is 57.0 Å². The fourth-order valence-electron chi connectivity index (χ4n) is 2.42. The van der Waals surface area contributed by atoms with E-state index in [9.17, 15) is 9.59 Å². The quantitative estimate of drug-likeness (QED) is 0.753. The van der Waals surface area contributed by atoms with Gasteiger partial charge in [-0.2, -0.15) is 0 Å². The molecule has 2 N–H and O–H groups in total. The molecule has 2 aromatic rings. The number of ether oxygens (including phenoxy) is 1. The molecule has 0 radical (unpaired) electrons. The van der Waals surface area contributed by atoms with E-state index in [0.717, 1.165) is 16.8 Å². The molecule has 0 fully saturated rings. The van der Waals surface area contributed by atoms with Gasteiger partial charge < -0.3 is 15.4 Å². The number of amides is 2. The Bertz CT molecular complexity index is 827. The number of nitrogens with one attached hydrogen (secondary N) is 2. The van der Waals surface area contributed by atoms with Gasteiger partial charge >= 0.3 is 0 Å². The number of anilines is 2. The molecule has 0 aliphatic carbocycles. The molecule has 0 heterocycles. The zero-order chi connectivity index (χ0) is 19.5. The van der Waals surface area contributed by atoms with Gasteiger partial charge in [0.25, 0.3) is 0 Å². The fourth-order valence-corrected chi connectivity index (χ4v) is 2.67. The summed E-state index contributed by atoms with van der Waals surface area (Å²) in [4.78, 5) is 25.4. The number of aryl methyl sites for hydroxylation is 2. The van der Waals surface area contributed by atoms with E-state index in [2.05, 4.69) is 10.6 Å². The molecule has 0 bridgehead atoms. The van der Waals surface area contributed by atoms with Crippen molar-refractivity contribution in [2.24, 2.45) is 5.41 Å². The molecule has 0 saturated carbocycles. The van der Waals surface area contributed by atoms with Crippen molar-refractivity contribution >= 4 is 34.8 Å². The molecule has 0 aliphatic heterocycles. The Morgan fingerprint density at radius 2 is 1.58 bits per heavy atom. The maximum absolute atomic E-state index is 12.7. The summed E-state index contributed by atoms with van der Waals surface area (Å²) in [7, 11) is 1.51. The Morgan fingerprint density at radius 3 is 2.12 bits per heavy atom. The van der Waals surface area contributed by atoms with Crippen LogP contribution in [0.3, 0.4) is 0 Å². The Balaban J connectivity index is 2.16. The van der Waals surface area contributed by atoms with Crippen LogP contribution in [-0.2, 0) is 9.59 Å². The van der Waals surface area contributed by atoms with E-state index in [-0.39, 0.29) is 5.91 Å². The van der Waals surface area contributed by atoms with E-state index in [4.69, 9.17) is 16.3 Å². The maximum Gasteiger partial charge on any atom is 0.239 e. The lowest BCUT2D eigenvalue weighted by Crippen LogP contribution is -2.41. The molecule has 2 aromatic carbocycles. The van der Waals surface area contributed by atoms with Crippen molar-refractivity contribution in [1.29, 1.82) is 0 Å². The molecule has 138 valence electrons. The van der Waals surface area contributed by atoms with Gasteiger partial charge in [-0.1, -0.05) is 29.8 Å². The normalized spacial score (nSPS) is 11.0. The van der Waals surface area contributed by atoms with Crippen molar-refractivity contribution < 1.29 is 14.3 Å². The van der Waals surface area contributed by atoms with Crippen LogP contribution in [0.15, 0.2) is 36.4 Å². The second kappa shape index (κ2) is 7.79. The van der Waals surface area contributed by atoms with Crippen LogP contribution < -0.4 is 15.4 Å². The molecule has 0 aromatic heterocycles. The summed E-state index contributed by atoms with van der Waals surface area (Å²) in [5.74, 6) is -0.300. The van der Waals surface area contributed by atoms with E-state index in [1.807, 2.05) is 32.0 Å². The van der Waals surface area contributed by atoms with Gasteiger partial charge in [0.05, 0.1) is 12.1 Å². The number of hydrogen-bond donors (Lipinski definition) is 2. The predicted octanol–water partition coefficient (Wildman–Crippen LogP) is 4.57. The SMILES string of the molecule is COc1ccc(NC(=O)C(C)(C)C(=O)Nc2c(C)cccc2C)cc1Cl. The number of carbonyl (C=O) groups is 2. The van der Waals surface area contributed by atoms with Crippen molar-refractivity contribution in [2.75, 3.05) is 17.7 Å². The second-order valence-electron chi connectivity index (χ2n) is 6.65. The minimum atomic E-state index is -1.28. The highest BCUT2D eigenvalue weighted by molar-refractivity contribution is 6.32. The summed E-state index contributed by atoms with van der Waals surface area (Å²) in [6.07, 6.45) is 0. The summed E-state index contributed by atoms with van der Waals surface area (Å²) in [6.45, 7) is 6.98. The molecule has 0 spiro atoms. The lowest BCUT2D eigenvalue weighted by Gasteiger charge is -2.24. The molecule has 0 aliphatic rings. The minimum Gasteiger partial charge on any atom is -0.495 e. The van der Waals surface area contributed by atoms with Gasteiger partial charge in [0.15, 0.2) is 0 Å². The highest BCUT2D eigenvalue weighted by Crippen LogP contribution is 2.29. The third kappa shape index (κ3) is 4.17. The average Bonchev–Trinajstić information content (AvgIpc) is 2.58. The van der Waals surface area contributed by atoms with Crippen LogP contribution in [0.1, 0.15) is 25.0 Å². The van der Waals surface area contributed by atoms with Crippen molar-refractivity contribution in [1.82, 2.24) is 0 Å². The molecule has 5 nitrogen and oxygen atoms in total. The number of halogens is 1. The predicted molar refractivity (Wildman–Crippen MR) is 105 cm³/mol. The first-order valence-electron chi connectivity index (χ1n) is 8.19. The zero-order valence-electron chi connectivity index (χ0n) is 15.6. The Morgan fingerprint density at radius 1 is 1.00 bits per heavy atom. The van der Waals surface area contributed by atoms with Gasteiger partial charge in [0.1, 0.15) is 11.2 Å².